The van der Waals surface area contributed by atoms with Gasteiger partial charge in [-0.05, 0) is 93.2 Å². The Kier molecular flexibility index (Phi) is 15.2. The van der Waals surface area contributed by atoms with Crippen LogP contribution in [0.4, 0.5) is 72.2 Å². The van der Waals surface area contributed by atoms with Crippen LogP contribution in [0.15, 0.2) is 123 Å². The average molecular weight is 1110 g/mol. The van der Waals surface area contributed by atoms with Crippen molar-refractivity contribution in [3.05, 3.63) is 147 Å². The van der Waals surface area contributed by atoms with E-state index in [0.29, 0.717) is 28.9 Å². The van der Waals surface area contributed by atoms with Crippen LogP contribution in [0.2, 0.25) is 0 Å². The number of nitriles is 2. The number of azo groups is 2. The second-order valence-electron chi connectivity index (χ2n) is 12.8. The predicted molar refractivity (Wildman–Crippen MR) is 237 cm³/mol. The number of nitrogen functional groups attached to an aromatic ring is 2. The summed E-state index contributed by atoms with van der Waals surface area (Å²) >= 11 is 12.3. The molecule has 0 fully saturated rings. The van der Waals surface area contributed by atoms with E-state index in [1.165, 1.54) is 12.1 Å². The highest BCUT2D eigenvalue weighted by Gasteiger charge is 2.36. The first kappa shape index (κ1) is 47.3. The number of para-hydroxylation sites is 1. The standard InChI is InChI=1S/C21H14Br2F3N5.C20H13Br2F3N6/c1-11-14(10-27)17(7-12-5-3-2-4-6-12)29-20(28)18(11)30-31-19-15(21(24,25)26)8-13(22)9-16(19)23;1-10-13(9-26)18(27)29-19(28-12-5-3-2-4-6-12)16(10)30-31-17-14(20(23,24)25)7-11(21)8-15(17)22/h2-6,8-9H,7H2,1H3,(H2,28,29);2-8H,1H3,(H3,27,28,29). The van der Waals surface area contributed by atoms with E-state index in [4.69, 9.17) is 11.5 Å². The van der Waals surface area contributed by atoms with Crippen molar-refractivity contribution in [3.63, 3.8) is 0 Å². The largest absolute Gasteiger partial charge is 0.418 e. The lowest BCUT2D eigenvalue weighted by Crippen LogP contribution is -2.06. The molecule has 0 aliphatic rings. The molecule has 0 saturated heterocycles. The molecule has 11 nitrogen and oxygen atoms in total. The normalized spacial score (nSPS) is 11.6. The number of hydrogen-bond donors (Lipinski definition) is 3. The third-order valence-electron chi connectivity index (χ3n) is 8.60. The number of anilines is 4. The van der Waals surface area contributed by atoms with Crippen LogP contribution >= 0.6 is 63.7 Å². The zero-order valence-corrected chi connectivity index (χ0v) is 38.1. The monoisotopic (exact) mass is 1100 g/mol. The Morgan fingerprint density at radius 2 is 1.06 bits per heavy atom. The van der Waals surface area contributed by atoms with Gasteiger partial charge in [-0.3, -0.25) is 0 Å². The van der Waals surface area contributed by atoms with Crippen LogP contribution in [-0.2, 0) is 18.8 Å². The molecule has 21 heteroatoms. The number of alkyl halides is 6. The quantitative estimate of drug-likeness (QED) is 0.0999. The van der Waals surface area contributed by atoms with Crippen molar-refractivity contribution in [2.45, 2.75) is 32.6 Å². The van der Waals surface area contributed by atoms with Gasteiger partial charge in [0, 0.05) is 35.6 Å². The highest BCUT2D eigenvalue weighted by atomic mass is 79.9. The summed E-state index contributed by atoms with van der Waals surface area (Å²) in [6.07, 6.45) is -8.92. The Morgan fingerprint density at radius 3 is 1.55 bits per heavy atom. The van der Waals surface area contributed by atoms with Crippen LogP contribution in [0.25, 0.3) is 0 Å². The number of aromatic nitrogens is 2. The summed E-state index contributed by atoms with van der Waals surface area (Å²) in [5, 5.41) is 37.7. The van der Waals surface area contributed by atoms with Gasteiger partial charge in [0.15, 0.2) is 11.6 Å². The Morgan fingerprint density at radius 1 is 0.613 bits per heavy atom. The van der Waals surface area contributed by atoms with E-state index in [-0.39, 0.29) is 57.8 Å². The summed E-state index contributed by atoms with van der Waals surface area (Å²) in [5.74, 6) is 0.108. The Balaban J connectivity index is 0.000000234. The van der Waals surface area contributed by atoms with Crippen LogP contribution in [0.1, 0.15) is 44.6 Å². The highest BCUT2D eigenvalue weighted by Crippen LogP contribution is 2.45. The van der Waals surface area contributed by atoms with Gasteiger partial charge in [0.25, 0.3) is 0 Å². The zero-order valence-electron chi connectivity index (χ0n) is 31.8. The molecule has 4 aromatic carbocycles. The fraction of sp³-hybridized carbons (Fsp3) is 0.122. The van der Waals surface area contributed by atoms with E-state index < -0.39 is 34.9 Å². The molecule has 0 atom stereocenters. The summed E-state index contributed by atoms with van der Waals surface area (Å²) in [4.78, 5) is 8.45. The third kappa shape index (κ3) is 11.4. The SMILES string of the molecule is Cc1c(C#N)c(Cc2ccccc2)nc(N)c1N=Nc1c(Br)cc(Br)cc1C(F)(F)F.Cc1c(C#N)c(N)nc(Nc2ccccc2)c1N=Nc1c(Br)cc(Br)cc1C(F)(F)F. The second kappa shape index (κ2) is 20.0. The lowest BCUT2D eigenvalue weighted by Gasteiger charge is -2.14. The van der Waals surface area contributed by atoms with Crippen molar-refractivity contribution in [2.75, 3.05) is 16.8 Å². The van der Waals surface area contributed by atoms with Crippen LogP contribution in [0.5, 0.6) is 0 Å². The van der Waals surface area contributed by atoms with Gasteiger partial charge in [-0.1, -0.05) is 80.4 Å². The average Bonchev–Trinajstić information content (AvgIpc) is 3.19. The first-order valence-corrected chi connectivity index (χ1v) is 20.6. The van der Waals surface area contributed by atoms with Gasteiger partial charge in [0.2, 0.25) is 0 Å². The lowest BCUT2D eigenvalue weighted by atomic mass is 10.0. The van der Waals surface area contributed by atoms with Gasteiger partial charge < -0.3 is 16.8 Å². The molecular weight excluding hydrogens is 1080 g/mol. The molecular formula is C41H27Br4F6N11. The minimum Gasteiger partial charge on any atom is -0.383 e. The zero-order chi connectivity index (χ0) is 45.5. The van der Waals surface area contributed by atoms with Gasteiger partial charge in [-0.15, -0.1) is 20.5 Å². The summed E-state index contributed by atoms with van der Waals surface area (Å²) < 4.78 is 81.6. The molecule has 0 aliphatic heterocycles. The molecule has 6 aromatic rings. The topological polar surface area (TPSA) is 187 Å². The number of rotatable bonds is 8. The minimum atomic E-state index is -4.65. The Bertz CT molecular complexity index is 2790. The van der Waals surface area contributed by atoms with Crippen molar-refractivity contribution >= 4 is 110 Å². The van der Waals surface area contributed by atoms with Crippen molar-refractivity contribution in [3.8, 4) is 12.1 Å². The van der Waals surface area contributed by atoms with Crippen LogP contribution in [0, 0.1) is 36.5 Å². The maximum absolute atomic E-state index is 13.5. The summed E-state index contributed by atoms with van der Waals surface area (Å²) in [6, 6.07) is 27.0. The van der Waals surface area contributed by atoms with Crippen LogP contribution in [0.3, 0.4) is 0 Å². The number of hydrogen-bond acceptors (Lipinski definition) is 11. The molecule has 5 N–H and O–H groups in total. The van der Waals surface area contributed by atoms with Gasteiger partial charge in [-0.2, -0.15) is 36.9 Å². The number of nitrogens with zero attached hydrogens (tertiary/aromatic N) is 8. The van der Waals surface area contributed by atoms with Crippen molar-refractivity contribution in [1.82, 2.24) is 9.97 Å². The minimum absolute atomic E-state index is 0.0204. The molecule has 0 aliphatic carbocycles. The molecule has 0 saturated carbocycles. The molecule has 6 rings (SSSR count). The fourth-order valence-electron chi connectivity index (χ4n) is 5.67. The molecule has 0 radical (unpaired) electrons. The molecule has 2 heterocycles. The van der Waals surface area contributed by atoms with Crippen LogP contribution in [-0.4, -0.2) is 9.97 Å². The molecule has 0 unspecified atom stereocenters. The molecule has 0 amide bonds. The highest BCUT2D eigenvalue weighted by molar-refractivity contribution is 9.11. The Hall–Kier alpha value is -5.74. The van der Waals surface area contributed by atoms with E-state index >= 15 is 0 Å². The van der Waals surface area contributed by atoms with Gasteiger partial charge >= 0.3 is 12.4 Å². The van der Waals surface area contributed by atoms with E-state index in [2.05, 4.69) is 106 Å². The van der Waals surface area contributed by atoms with Gasteiger partial charge in [0.1, 0.15) is 40.7 Å². The van der Waals surface area contributed by atoms with E-state index in [1.54, 1.807) is 38.1 Å². The number of nitrogens with one attached hydrogen (secondary N) is 1. The van der Waals surface area contributed by atoms with Crippen molar-refractivity contribution < 1.29 is 26.3 Å². The second-order valence-corrected chi connectivity index (χ2v) is 16.4. The molecule has 2 aromatic heterocycles. The molecule has 62 heavy (non-hydrogen) atoms. The molecule has 316 valence electrons. The first-order chi connectivity index (χ1) is 29.2. The number of halogens is 10. The smallest absolute Gasteiger partial charge is 0.383 e. The van der Waals surface area contributed by atoms with Gasteiger partial charge in [0.05, 0.1) is 27.9 Å². The van der Waals surface area contributed by atoms with Crippen molar-refractivity contribution in [1.29, 1.82) is 10.5 Å². The predicted octanol–water partition coefficient (Wildman–Crippen LogP) is 14.9. The fourth-order valence-corrected chi connectivity index (χ4v) is 8.28. The van der Waals surface area contributed by atoms with E-state index in [0.717, 1.165) is 17.7 Å². The number of pyridine rings is 2. The third-order valence-corrected chi connectivity index (χ3v) is 10.7. The van der Waals surface area contributed by atoms with Crippen LogP contribution < -0.4 is 16.8 Å². The summed E-state index contributed by atoms with van der Waals surface area (Å²) in [7, 11) is 0. The molecule has 0 spiro atoms. The maximum Gasteiger partial charge on any atom is 0.418 e. The number of nitrogens with two attached hydrogens (primary N) is 2. The van der Waals surface area contributed by atoms with E-state index in [1.807, 2.05) is 42.5 Å². The van der Waals surface area contributed by atoms with Crippen molar-refractivity contribution in [2.24, 2.45) is 20.5 Å². The molecule has 0 bridgehead atoms. The first-order valence-electron chi connectivity index (χ1n) is 17.4. The van der Waals surface area contributed by atoms with E-state index in [9.17, 15) is 36.9 Å². The number of benzene rings is 4. The lowest BCUT2D eigenvalue weighted by molar-refractivity contribution is -0.138. The summed E-state index contributed by atoms with van der Waals surface area (Å²) in [6.45, 7) is 3.18. The van der Waals surface area contributed by atoms with Gasteiger partial charge in [-0.25, -0.2) is 9.97 Å². The summed E-state index contributed by atoms with van der Waals surface area (Å²) in [5.41, 5.74) is 12.4. The maximum atomic E-state index is 13.5. The Labute approximate surface area is 383 Å².